The molecule has 3 spiro atoms. The predicted octanol–water partition coefficient (Wildman–Crippen LogP) is 4.28. The van der Waals surface area contributed by atoms with Crippen molar-refractivity contribution >= 4 is 11.9 Å². The van der Waals surface area contributed by atoms with Gasteiger partial charge in [-0.05, 0) is 97.2 Å². The van der Waals surface area contributed by atoms with E-state index < -0.39 is 36.4 Å². The number of aliphatic hydroxyl groups is 2. The summed E-state index contributed by atoms with van der Waals surface area (Å²) < 4.78 is 44.2. The first-order valence-electron chi connectivity index (χ1n) is 19.3. The lowest BCUT2D eigenvalue weighted by atomic mass is 9.41. The number of esters is 2. The van der Waals surface area contributed by atoms with Gasteiger partial charge in [0.15, 0.2) is 18.2 Å². The topological polar surface area (TPSA) is 143 Å². The number of rotatable bonds is 4. The van der Waals surface area contributed by atoms with Crippen molar-refractivity contribution in [1.29, 1.82) is 0 Å². The highest BCUT2D eigenvalue weighted by molar-refractivity contribution is 5.66. The summed E-state index contributed by atoms with van der Waals surface area (Å²) in [7, 11) is 0. The summed E-state index contributed by atoms with van der Waals surface area (Å²) in [6, 6.07) is 0. The van der Waals surface area contributed by atoms with E-state index in [2.05, 4.69) is 41.5 Å². The van der Waals surface area contributed by atoms with Crippen molar-refractivity contribution in [1.82, 2.24) is 0 Å². The quantitative estimate of drug-likeness (QED) is 0.246. The van der Waals surface area contributed by atoms with Crippen LogP contribution in [0.15, 0.2) is 0 Å². The highest BCUT2D eigenvalue weighted by Gasteiger charge is 2.86. The molecule has 2 N–H and O–H groups in total. The molecule has 11 nitrogen and oxygen atoms in total. The van der Waals surface area contributed by atoms with E-state index in [0.29, 0.717) is 24.4 Å². The number of carbonyl (C=O) groups excluding carboxylic acids is 2. The average Bonchev–Trinajstić information content (AvgIpc) is 3.85. The first kappa shape index (κ1) is 34.4. The van der Waals surface area contributed by atoms with Gasteiger partial charge in [-0.2, -0.15) is 0 Å². The van der Waals surface area contributed by atoms with Crippen molar-refractivity contribution in [2.45, 2.75) is 167 Å². The molecule has 0 aromatic heterocycles. The monoisotopic (exact) mass is 702 g/mol. The Bertz CT molecular complexity index is 1470. The summed E-state index contributed by atoms with van der Waals surface area (Å²) in [4.78, 5) is 24.9. The number of epoxide rings is 1. The van der Waals surface area contributed by atoms with E-state index in [4.69, 9.17) is 33.2 Å². The van der Waals surface area contributed by atoms with Gasteiger partial charge in [0.05, 0.1) is 25.4 Å². The number of carbonyl (C=O) groups is 2. The minimum absolute atomic E-state index is 0.0102. The third-order valence-corrected chi connectivity index (χ3v) is 16.9. The fourth-order valence-electron chi connectivity index (χ4n) is 14.9. The number of fused-ring (bicyclic) bond motifs is 6. The lowest BCUT2D eigenvalue weighted by Gasteiger charge is -2.65. The molecular formula is C39H58O11. The van der Waals surface area contributed by atoms with Gasteiger partial charge in [0.1, 0.15) is 30.0 Å². The summed E-state index contributed by atoms with van der Waals surface area (Å²) >= 11 is 0. The summed E-state index contributed by atoms with van der Waals surface area (Å²) in [6.07, 6.45) is 2.81. The van der Waals surface area contributed by atoms with Crippen molar-refractivity contribution in [3.8, 4) is 0 Å². The van der Waals surface area contributed by atoms with Crippen LogP contribution in [0.5, 0.6) is 0 Å². The van der Waals surface area contributed by atoms with E-state index in [1.165, 1.54) is 6.92 Å². The average molecular weight is 703 g/mol. The number of ether oxygens (including phenoxy) is 7. The smallest absolute Gasteiger partial charge is 0.303 e. The van der Waals surface area contributed by atoms with E-state index in [1.54, 1.807) is 6.92 Å². The molecule has 0 bridgehead atoms. The van der Waals surface area contributed by atoms with Crippen molar-refractivity contribution < 1.29 is 53.0 Å². The summed E-state index contributed by atoms with van der Waals surface area (Å²) in [5, 5.41) is 21.0. The van der Waals surface area contributed by atoms with Crippen LogP contribution in [0.25, 0.3) is 0 Å². The van der Waals surface area contributed by atoms with Crippen LogP contribution in [0.4, 0.5) is 0 Å². The largest absolute Gasteiger partial charge is 0.462 e. The van der Waals surface area contributed by atoms with Crippen LogP contribution >= 0.6 is 0 Å². The number of hydrogen-bond acceptors (Lipinski definition) is 11. The van der Waals surface area contributed by atoms with Crippen LogP contribution in [-0.2, 0) is 42.7 Å². The van der Waals surface area contributed by atoms with Gasteiger partial charge in [-0.1, -0.05) is 34.6 Å². The molecular weight excluding hydrogens is 644 g/mol. The Morgan fingerprint density at radius 2 is 1.56 bits per heavy atom. The van der Waals surface area contributed by atoms with E-state index >= 15 is 0 Å². The standard InChI is InChI=1S/C39H58O11/c1-19-13-39(32-35(7,50-32)18-45-39)49-23-14-34(6)25-10-9-24-33(4,5)26(48-31-30(47-21(3)41)29(43)22(42)16-44-31)11-12-37(24)17-38(25,37)15-27(46-20(2)40)36(34,8)28(19)23/h19,22-32,42-43H,9-18H2,1-8H3/t19-,22-,23?,24+,25+,26+,27-,28+,29+,30-,31+,32?,34+,35?,36-,37-,38+,39?/m1/s1. The number of aliphatic hydroxyl groups excluding tert-OH is 2. The molecule has 50 heavy (non-hydrogen) atoms. The van der Waals surface area contributed by atoms with E-state index in [9.17, 15) is 19.8 Å². The molecule has 9 aliphatic rings. The Morgan fingerprint density at radius 1 is 0.840 bits per heavy atom. The molecule has 4 aliphatic heterocycles. The Morgan fingerprint density at radius 3 is 2.22 bits per heavy atom. The van der Waals surface area contributed by atoms with Gasteiger partial charge < -0.3 is 43.4 Å². The zero-order chi connectivity index (χ0) is 35.6. The van der Waals surface area contributed by atoms with Crippen molar-refractivity contribution in [2.75, 3.05) is 13.2 Å². The van der Waals surface area contributed by atoms with Crippen LogP contribution < -0.4 is 0 Å². The fraction of sp³-hybridized carbons (Fsp3) is 0.949. The van der Waals surface area contributed by atoms with Gasteiger partial charge in [0.2, 0.25) is 0 Å². The molecule has 18 atom stereocenters. The molecule has 0 radical (unpaired) electrons. The van der Waals surface area contributed by atoms with Gasteiger partial charge in [-0.15, -0.1) is 0 Å². The maximum absolute atomic E-state index is 12.9. The second-order valence-corrected chi connectivity index (χ2v) is 19.5. The lowest BCUT2D eigenvalue weighted by molar-refractivity contribution is -0.309. The molecule has 4 heterocycles. The minimum atomic E-state index is -1.29. The lowest BCUT2D eigenvalue weighted by Crippen LogP contribution is -2.64. The van der Waals surface area contributed by atoms with E-state index in [-0.39, 0.29) is 75.6 Å². The van der Waals surface area contributed by atoms with E-state index in [1.807, 2.05) is 0 Å². The Kier molecular flexibility index (Phi) is 7.19. The summed E-state index contributed by atoms with van der Waals surface area (Å²) in [5.41, 5.74) is -0.640. The third kappa shape index (κ3) is 4.17. The summed E-state index contributed by atoms with van der Waals surface area (Å²) in [6.45, 7) is 17.4. The molecule has 5 saturated carbocycles. The van der Waals surface area contributed by atoms with Gasteiger partial charge in [-0.25, -0.2) is 0 Å². The Labute approximate surface area is 295 Å². The van der Waals surface area contributed by atoms with Crippen LogP contribution in [0.3, 0.4) is 0 Å². The zero-order valence-corrected chi connectivity index (χ0v) is 31.1. The molecule has 11 heteroatoms. The maximum atomic E-state index is 12.9. The second kappa shape index (κ2) is 10.4. The van der Waals surface area contributed by atoms with E-state index in [0.717, 1.165) is 51.4 Å². The minimum Gasteiger partial charge on any atom is -0.462 e. The normalized spacial score (nSPS) is 59.6. The van der Waals surface area contributed by atoms with Gasteiger partial charge >= 0.3 is 11.9 Å². The summed E-state index contributed by atoms with van der Waals surface area (Å²) in [5.74, 6) is -0.0224. The molecule has 0 aromatic carbocycles. The molecule has 0 aromatic rings. The molecule has 5 aliphatic carbocycles. The molecule has 4 unspecified atom stereocenters. The van der Waals surface area contributed by atoms with Crippen LogP contribution in [0, 0.1) is 50.7 Å². The SMILES string of the molecule is CC(=O)O[C@H]1[C@H](O[C@H]2CC[C@]34C[C@]35C[C@@H](OC(C)=O)[C@]3(C)[C@@H]6C(C[C@@]3(C)[C@@H]5CC[C@H]4C2(C)C)OC2(C[C@H]6C)OCC3(C)OC32)OC[C@@H](O)[C@@H]1O. The predicted molar refractivity (Wildman–Crippen MR) is 176 cm³/mol. The van der Waals surface area contributed by atoms with Crippen LogP contribution in [0.1, 0.15) is 107 Å². The first-order valence-corrected chi connectivity index (χ1v) is 19.3. The van der Waals surface area contributed by atoms with Gasteiger partial charge in [0, 0.05) is 25.7 Å². The van der Waals surface area contributed by atoms with Crippen molar-refractivity contribution in [2.24, 2.45) is 50.7 Å². The number of hydrogen-bond donors (Lipinski definition) is 2. The highest BCUT2D eigenvalue weighted by Crippen LogP contribution is 2.89. The second-order valence-electron chi connectivity index (χ2n) is 19.5. The molecule has 9 fully saturated rings. The van der Waals surface area contributed by atoms with Crippen LogP contribution in [0.2, 0.25) is 0 Å². The van der Waals surface area contributed by atoms with Crippen molar-refractivity contribution in [3.05, 3.63) is 0 Å². The zero-order valence-electron chi connectivity index (χ0n) is 31.1. The van der Waals surface area contributed by atoms with Gasteiger partial charge in [-0.3, -0.25) is 9.59 Å². The third-order valence-electron chi connectivity index (χ3n) is 16.9. The first-order chi connectivity index (χ1) is 23.4. The van der Waals surface area contributed by atoms with Gasteiger partial charge in [0.25, 0.3) is 0 Å². The molecule has 9 rings (SSSR count). The fourth-order valence-corrected chi connectivity index (χ4v) is 14.9. The Balaban J connectivity index is 1.02. The van der Waals surface area contributed by atoms with Crippen molar-refractivity contribution in [3.63, 3.8) is 0 Å². The maximum Gasteiger partial charge on any atom is 0.303 e. The Hall–Kier alpha value is -1.34. The molecule has 0 amide bonds. The molecule has 4 saturated heterocycles. The van der Waals surface area contributed by atoms with Crippen LogP contribution in [-0.4, -0.2) is 95.8 Å². The molecule has 280 valence electrons. The highest BCUT2D eigenvalue weighted by atomic mass is 16.8.